The first-order valence-electron chi connectivity index (χ1n) is 3.69. The molecule has 0 rings (SSSR count). The van der Waals surface area contributed by atoms with Crippen molar-refractivity contribution in [2.75, 3.05) is 6.61 Å². The minimum atomic E-state index is -0.166. The van der Waals surface area contributed by atoms with Crippen molar-refractivity contribution in [3.63, 3.8) is 0 Å². The summed E-state index contributed by atoms with van der Waals surface area (Å²) in [5, 5.41) is 0. The summed E-state index contributed by atoms with van der Waals surface area (Å²) in [4.78, 5) is 9.86. The lowest BCUT2D eigenvalue weighted by Crippen LogP contribution is -2.25. The van der Waals surface area contributed by atoms with Crippen molar-refractivity contribution in [1.29, 1.82) is 0 Å². The molecule has 0 saturated carbocycles. The summed E-state index contributed by atoms with van der Waals surface area (Å²) in [6, 6.07) is 0. The fraction of sp³-hybridized carbons (Fsp3) is 0.875. The molecule has 0 fully saturated rings. The third-order valence-corrected chi connectivity index (χ3v) is 1.04. The Kier molecular flexibility index (Phi) is 4.11. The van der Waals surface area contributed by atoms with E-state index >= 15 is 0 Å². The predicted molar refractivity (Wildman–Crippen MR) is 42.3 cm³/mol. The molecule has 0 aromatic carbocycles. The zero-order valence-electron chi connectivity index (χ0n) is 7.59. The van der Waals surface area contributed by atoms with E-state index in [-0.39, 0.29) is 11.7 Å². The quantitative estimate of drug-likeness (QED) is 0.582. The van der Waals surface area contributed by atoms with Gasteiger partial charge in [0.2, 0.25) is 0 Å². The molecular weight excluding hydrogens is 144 g/mol. The maximum atomic E-state index is 9.86. The monoisotopic (exact) mass is 160 g/mol. The molecule has 0 aromatic heterocycles. The van der Waals surface area contributed by atoms with E-state index in [0.717, 1.165) is 0 Å². The molecule has 11 heavy (non-hydrogen) atoms. The van der Waals surface area contributed by atoms with Crippen molar-refractivity contribution in [3.05, 3.63) is 0 Å². The number of hydrogen-bond donors (Lipinski definition) is 0. The molecule has 66 valence electrons. The van der Waals surface area contributed by atoms with Gasteiger partial charge >= 0.3 is 0 Å². The first kappa shape index (κ1) is 10.4. The van der Waals surface area contributed by atoms with Crippen molar-refractivity contribution >= 4 is 6.47 Å². The van der Waals surface area contributed by atoms with E-state index in [0.29, 0.717) is 13.1 Å². The van der Waals surface area contributed by atoms with Crippen LogP contribution in [0.5, 0.6) is 0 Å². The molecule has 0 bridgehead atoms. The van der Waals surface area contributed by atoms with Crippen molar-refractivity contribution < 1.29 is 14.3 Å². The summed E-state index contributed by atoms with van der Waals surface area (Å²) in [6.07, 6.45) is -0.160. The zero-order chi connectivity index (χ0) is 8.91. The molecule has 0 aliphatic heterocycles. The highest BCUT2D eigenvalue weighted by Gasteiger charge is 2.12. The van der Waals surface area contributed by atoms with Gasteiger partial charge in [-0.25, -0.2) is 0 Å². The van der Waals surface area contributed by atoms with E-state index < -0.39 is 0 Å². The summed E-state index contributed by atoms with van der Waals surface area (Å²) in [5.41, 5.74) is -0.166. The second-order valence-corrected chi connectivity index (χ2v) is 3.47. The molecule has 0 spiro atoms. The average Bonchev–Trinajstić information content (AvgIpc) is 1.83. The molecule has 0 heterocycles. The van der Waals surface area contributed by atoms with Crippen LogP contribution >= 0.6 is 0 Å². The normalized spacial score (nSPS) is 14.2. The molecule has 0 saturated heterocycles. The van der Waals surface area contributed by atoms with Crippen LogP contribution in [0.25, 0.3) is 0 Å². The van der Waals surface area contributed by atoms with Gasteiger partial charge in [0, 0.05) is 0 Å². The highest BCUT2D eigenvalue weighted by atomic mass is 16.6. The van der Waals surface area contributed by atoms with Crippen LogP contribution in [-0.2, 0) is 14.3 Å². The molecule has 0 amide bonds. The van der Waals surface area contributed by atoms with E-state index in [9.17, 15) is 4.79 Å². The van der Waals surface area contributed by atoms with E-state index in [1.165, 1.54) is 0 Å². The highest BCUT2D eigenvalue weighted by molar-refractivity contribution is 5.37. The minimum Gasteiger partial charge on any atom is -0.462 e. The van der Waals surface area contributed by atoms with Gasteiger partial charge in [0.1, 0.15) is 6.10 Å². The molecular formula is C8H16O3. The summed E-state index contributed by atoms with van der Waals surface area (Å²) < 4.78 is 9.99. The number of carbonyl (C=O) groups is 1. The second kappa shape index (κ2) is 4.34. The van der Waals surface area contributed by atoms with Gasteiger partial charge in [-0.3, -0.25) is 4.79 Å². The van der Waals surface area contributed by atoms with Gasteiger partial charge in [-0.1, -0.05) is 0 Å². The Morgan fingerprint density at radius 3 is 2.36 bits per heavy atom. The van der Waals surface area contributed by atoms with Crippen LogP contribution in [0.2, 0.25) is 0 Å². The Morgan fingerprint density at radius 1 is 1.45 bits per heavy atom. The first-order valence-corrected chi connectivity index (χ1v) is 3.69. The first-order chi connectivity index (χ1) is 4.95. The van der Waals surface area contributed by atoms with Gasteiger partial charge in [-0.2, -0.15) is 0 Å². The maximum Gasteiger partial charge on any atom is 0.293 e. The minimum absolute atomic E-state index is 0.160. The molecule has 3 heteroatoms. The summed E-state index contributed by atoms with van der Waals surface area (Å²) in [6.45, 7) is 8.56. The van der Waals surface area contributed by atoms with Gasteiger partial charge < -0.3 is 9.47 Å². The van der Waals surface area contributed by atoms with Crippen molar-refractivity contribution in [2.24, 2.45) is 0 Å². The Morgan fingerprint density at radius 2 is 2.00 bits per heavy atom. The molecule has 1 atom stereocenters. The molecule has 0 aliphatic carbocycles. The predicted octanol–water partition coefficient (Wildman–Crippen LogP) is 1.36. The van der Waals surface area contributed by atoms with Crippen LogP contribution in [-0.4, -0.2) is 24.8 Å². The van der Waals surface area contributed by atoms with Gasteiger partial charge in [0.15, 0.2) is 0 Å². The highest BCUT2D eigenvalue weighted by Crippen LogP contribution is 2.07. The van der Waals surface area contributed by atoms with Crippen LogP contribution < -0.4 is 0 Å². The lowest BCUT2D eigenvalue weighted by molar-refractivity contribution is -0.138. The molecule has 0 N–H and O–H groups in total. The Hall–Kier alpha value is -0.570. The third kappa shape index (κ3) is 7.33. The SMILES string of the molecule is CC(COC(C)(C)C)OC=O. The van der Waals surface area contributed by atoms with E-state index in [1.807, 2.05) is 20.8 Å². The molecule has 0 radical (unpaired) electrons. The molecule has 3 nitrogen and oxygen atoms in total. The van der Waals surface area contributed by atoms with Gasteiger partial charge in [-0.05, 0) is 27.7 Å². The third-order valence-electron chi connectivity index (χ3n) is 1.04. The standard InChI is InChI=1S/C8H16O3/c1-7(10-6-9)5-11-8(2,3)4/h6-7H,5H2,1-4H3. The Bertz CT molecular complexity index is 115. The lowest BCUT2D eigenvalue weighted by atomic mass is 10.2. The van der Waals surface area contributed by atoms with Crippen LogP contribution in [0.15, 0.2) is 0 Å². The number of hydrogen-bond acceptors (Lipinski definition) is 3. The topological polar surface area (TPSA) is 35.5 Å². The Labute approximate surface area is 67.7 Å². The van der Waals surface area contributed by atoms with Crippen molar-refractivity contribution in [3.8, 4) is 0 Å². The zero-order valence-corrected chi connectivity index (χ0v) is 7.59. The second-order valence-electron chi connectivity index (χ2n) is 3.47. The van der Waals surface area contributed by atoms with Crippen LogP contribution in [0.4, 0.5) is 0 Å². The number of rotatable bonds is 4. The van der Waals surface area contributed by atoms with Gasteiger partial charge in [-0.15, -0.1) is 0 Å². The largest absolute Gasteiger partial charge is 0.462 e. The fourth-order valence-corrected chi connectivity index (χ4v) is 0.501. The van der Waals surface area contributed by atoms with E-state index in [4.69, 9.17) is 4.74 Å². The van der Waals surface area contributed by atoms with E-state index in [1.54, 1.807) is 6.92 Å². The molecule has 1 unspecified atom stereocenters. The van der Waals surface area contributed by atoms with Gasteiger partial charge in [0.25, 0.3) is 6.47 Å². The number of ether oxygens (including phenoxy) is 2. The maximum absolute atomic E-state index is 9.86. The van der Waals surface area contributed by atoms with E-state index in [2.05, 4.69) is 4.74 Å². The summed E-state index contributed by atoms with van der Waals surface area (Å²) in [5.74, 6) is 0. The fourth-order valence-electron chi connectivity index (χ4n) is 0.501. The van der Waals surface area contributed by atoms with Gasteiger partial charge in [0.05, 0.1) is 12.2 Å². The van der Waals surface area contributed by atoms with Crippen LogP contribution in [0.3, 0.4) is 0 Å². The summed E-state index contributed by atoms with van der Waals surface area (Å²) >= 11 is 0. The molecule has 0 aliphatic rings. The van der Waals surface area contributed by atoms with Crippen molar-refractivity contribution in [2.45, 2.75) is 39.4 Å². The lowest BCUT2D eigenvalue weighted by Gasteiger charge is -2.21. The summed E-state index contributed by atoms with van der Waals surface area (Å²) in [7, 11) is 0. The molecule has 0 aromatic rings. The average molecular weight is 160 g/mol. The smallest absolute Gasteiger partial charge is 0.293 e. The van der Waals surface area contributed by atoms with Crippen molar-refractivity contribution in [1.82, 2.24) is 0 Å². The van der Waals surface area contributed by atoms with Crippen LogP contribution in [0.1, 0.15) is 27.7 Å². The Balaban J connectivity index is 3.45. The number of carbonyl (C=O) groups excluding carboxylic acids is 1. The van der Waals surface area contributed by atoms with Crippen LogP contribution in [0, 0.1) is 0 Å².